The number of nitrogens with one attached hydrogen (secondary N) is 2. The Morgan fingerprint density at radius 1 is 1.58 bits per heavy atom. The van der Waals surface area contributed by atoms with Gasteiger partial charge in [-0.2, -0.15) is 10.1 Å². The van der Waals surface area contributed by atoms with E-state index in [4.69, 9.17) is 16.1 Å². The second kappa shape index (κ2) is 6.33. The highest BCUT2D eigenvalue weighted by Gasteiger charge is 2.15. The van der Waals surface area contributed by atoms with E-state index in [9.17, 15) is 4.79 Å². The Labute approximate surface area is 114 Å². The number of carbonyl (C=O) groups excluding carboxylic acids is 1. The first-order chi connectivity index (χ1) is 9.20. The third kappa shape index (κ3) is 3.54. The van der Waals surface area contributed by atoms with Crippen LogP contribution in [0.25, 0.3) is 11.6 Å². The highest BCUT2D eigenvalue weighted by molar-refractivity contribution is 6.32. The molecule has 7 nitrogen and oxygen atoms in total. The summed E-state index contributed by atoms with van der Waals surface area (Å²) in [5, 5.41) is 13.3. The van der Waals surface area contributed by atoms with Gasteiger partial charge in [-0.1, -0.05) is 30.1 Å². The van der Waals surface area contributed by atoms with Gasteiger partial charge in [0.25, 0.3) is 5.89 Å². The molecule has 0 saturated carbocycles. The van der Waals surface area contributed by atoms with Crippen molar-refractivity contribution in [3.63, 3.8) is 0 Å². The SMILES string of the molecule is CCCCNC(=O)Cc1noc(-c2[nH]ncc2Cl)n1. The second-order valence-corrected chi connectivity index (χ2v) is 4.40. The molecule has 0 aliphatic rings. The van der Waals surface area contributed by atoms with Gasteiger partial charge in [0.05, 0.1) is 17.6 Å². The first kappa shape index (κ1) is 13.5. The summed E-state index contributed by atoms with van der Waals surface area (Å²) in [5.74, 6) is 0.407. The van der Waals surface area contributed by atoms with Crippen molar-refractivity contribution >= 4 is 17.5 Å². The van der Waals surface area contributed by atoms with E-state index in [-0.39, 0.29) is 18.2 Å². The molecular weight excluding hydrogens is 270 g/mol. The van der Waals surface area contributed by atoms with Gasteiger partial charge < -0.3 is 9.84 Å². The zero-order chi connectivity index (χ0) is 13.7. The lowest BCUT2D eigenvalue weighted by atomic mass is 10.3. The minimum atomic E-state index is -0.128. The number of unbranched alkanes of at least 4 members (excludes halogenated alkanes) is 1. The number of H-pyrrole nitrogens is 1. The fourth-order valence-corrected chi connectivity index (χ4v) is 1.63. The lowest BCUT2D eigenvalue weighted by Crippen LogP contribution is -2.26. The number of aromatic amines is 1. The van der Waals surface area contributed by atoms with Gasteiger partial charge in [0.1, 0.15) is 5.69 Å². The van der Waals surface area contributed by atoms with Gasteiger partial charge in [0.2, 0.25) is 5.91 Å². The fourth-order valence-electron chi connectivity index (χ4n) is 1.46. The molecule has 2 N–H and O–H groups in total. The van der Waals surface area contributed by atoms with Crippen LogP contribution in [0, 0.1) is 0 Å². The van der Waals surface area contributed by atoms with Gasteiger partial charge in [-0.05, 0) is 6.42 Å². The van der Waals surface area contributed by atoms with E-state index in [0.29, 0.717) is 23.1 Å². The summed E-state index contributed by atoms with van der Waals surface area (Å²) >= 11 is 5.87. The third-order valence-corrected chi connectivity index (χ3v) is 2.73. The summed E-state index contributed by atoms with van der Waals surface area (Å²) in [6.07, 6.45) is 3.51. The molecule has 0 unspecified atom stereocenters. The average molecular weight is 284 g/mol. The van der Waals surface area contributed by atoms with Crippen molar-refractivity contribution in [1.29, 1.82) is 0 Å². The van der Waals surface area contributed by atoms with Crippen molar-refractivity contribution in [3.05, 3.63) is 17.0 Å². The van der Waals surface area contributed by atoms with Crippen LogP contribution in [0.4, 0.5) is 0 Å². The smallest absolute Gasteiger partial charge is 0.277 e. The number of hydrogen-bond acceptors (Lipinski definition) is 5. The quantitative estimate of drug-likeness (QED) is 0.784. The number of rotatable bonds is 6. The van der Waals surface area contributed by atoms with Crippen molar-refractivity contribution in [1.82, 2.24) is 25.7 Å². The maximum absolute atomic E-state index is 11.6. The standard InChI is InChI=1S/C11H14ClN5O2/c1-2-3-4-13-9(18)5-8-15-11(19-17-8)10-7(12)6-14-16-10/h6H,2-5H2,1H3,(H,13,18)(H,14,16). The van der Waals surface area contributed by atoms with Crippen LogP contribution in [0.3, 0.4) is 0 Å². The highest BCUT2D eigenvalue weighted by atomic mass is 35.5. The lowest BCUT2D eigenvalue weighted by molar-refractivity contribution is -0.120. The van der Waals surface area contributed by atoms with Crippen molar-refractivity contribution in [2.24, 2.45) is 0 Å². The second-order valence-electron chi connectivity index (χ2n) is 3.99. The Balaban J connectivity index is 1.94. The molecule has 0 aromatic carbocycles. The molecular formula is C11H14ClN5O2. The minimum absolute atomic E-state index is 0.0823. The van der Waals surface area contributed by atoms with Gasteiger partial charge in [-0.3, -0.25) is 9.89 Å². The molecule has 2 aromatic heterocycles. The number of amides is 1. The number of aromatic nitrogens is 4. The fraction of sp³-hybridized carbons (Fsp3) is 0.455. The topological polar surface area (TPSA) is 96.7 Å². The number of nitrogens with zero attached hydrogens (tertiary/aromatic N) is 3. The Hall–Kier alpha value is -1.89. The number of carbonyl (C=O) groups is 1. The molecule has 0 aliphatic carbocycles. The molecule has 0 bridgehead atoms. The highest BCUT2D eigenvalue weighted by Crippen LogP contribution is 2.22. The van der Waals surface area contributed by atoms with Crippen molar-refractivity contribution < 1.29 is 9.32 Å². The van der Waals surface area contributed by atoms with Crippen LogP contribution in [0.15, 0.2) is 10.7 Å². The summed E-state index contributed by atoms with van der Waals surface area (Å²) < 4.78 is 5.02. The van der Waals surface area contributed by atoms with Crippen LogP contribution in [-0.2, 0) is 11.2 Å². The zero-order valence-electron chi connectivity index (χ0n) is 10.4. The molecule has 0 spiro atoms. The predicted octanol–water partition coefficient (Wildman–Crippen LogP) is 1.57. The van der Waals surface area contributed by atoms with Gasteiger partial charge in [0, 0.05) is 6.54 Å². The minimum Gasteiger partial charge on any atom is -0.356 e. The summed E-state index contributed by atoms with van der Waals surface area (Å²) in [6, 6.07) is 0. The van der Waals surface area contributed by atoms with Crippen LogP contribution < -0.4 is 5.32 Å². The summed E-state index contributed by atoms with van der Waals surface area (Å²) in [7, 11) is 0. The largest absolute Gasteiger partial charge is 0.356 e. The monoisotopic (exact) mass is 283 g/mol. The van der Waals surface area contributed by atoms with E-state index in [0.717, 1.165) is 12.8 Å². The summed E-state index contributed by atoms with van der Waals surface area (Å²) in [5.41, 5.74) is 0.451. The third-order valence-electron chi connectivity index (χ3n) is 2.45. The van der Waals surface area contributed by atoms with Gasteiger partial charge in [-0.25, -0.2) is 0 Å². The van der Waals surface area contributed by atoms with Crippen LogP contribution in [0.5, 0.6) is 0 Å². The normalized spacial score (nSPS) is 10.6. The van der Waals surface area contributed by atoms with Gasteiger partial charge in [0.15, 0.2) is 5.82 Å². The Morgan fingerprint density at radius 3 is 3.11 bits per heavy atom. The van der Waals surface area contributed by atoms with E-state index < -0.39 is 0 Å². The average Bonchev–Trinajstić information content (AvgIpc) is 2.98. The maximum Gasteiger partial charge on any atom is 0.277 e. The van der Waals surface area contributed by atoms with Crippen LogP contribution >= 0.6 is 11.6 Å². The molecule has 0 saturated heterocycles. The van der Waals surface area contributed by atoms with E-state index in [1.54, 1.807) is 0 Å². The summed E-state index contributed by atoms with van der Waals surface area (Å²) in [4.78, 5) is 15.7. The Morgan fingerprint density at radius 2 is 2.42 bits per heavy atom. The molecule has 2 heterocycles. The van der Waals surface area contributed by atoms with E-state index in [1.165, 1.54) is 6.20 Å². The molecule has 19 heavy (non-hydrogen) atoms. The van der Waals surface area contributed by atoms with Gasteiger partial charge in [-0.15, -0.1) is 0 Å². The molecule has 102 valence electrons. The molecule has 0 aliphatic heterocycles. The first-order valence-electron chi connectivity index (χ1n) is 5.99. The van der Waals surface area contributed by atoms with Crippen LogP contribution in [-0.4, -0.2) is 32.8 Å². The summed E-state index contributed by atoms with van der Waals surface area (Å²) in [6.45, 7) is 2.72. The first-order valence-corrected chi connectivity index (χ1v) is 6.37. The molecule has 2 aromatic rings. The Kier molecular flexibility index (Phi) is 4.51. The van der Waals surface area contributed by atoms with Crippen molar-refractivity contribution in [3.8, 4) is 11.6 Å². The number of hydrogen-bond donors (Lipinski definition) is 2. The van der Waals surface area contributed by atoms with Gasteiger partial charge >= 0.3 is 0 Å². The molecule has 8 heteroatoms. The molecule has 0 atom stereocenters. The Bertz CT molecular complexity index is 551. The number of halogens is 1. The lowest BCUT2D eigenvalue weighted by Gasteiger charge is -2.00. The molecule has 2 rings (SSSR count). The van der Waals surface area contributed by atoms with Crippen molar-refractivity contribution in [2.45, 2.75) is 26.2 Å². The van der Waals surface area contributed by atoms with Crippen LogP contribution in [0.2, 0.25) is 5.02 Å². The van der Waals surface area contributed by atoms with E-state index in [2.05, 4.69) is 32.6 Å². The van der Waals surface area contributed by atoms with E-state index >= 15 is 0 Å². The van der Waals surface area contributed by atoms with Crippen LogP contribution in [0.1, 0.15) is 25.6 Å². The molecule has 1 amide bonds. The van der Waals surface area contributed by atoms with Crippen molar-refractivity contribution in [2.75, 3.05) is 6.54 Å². The van der Waals surface area contributed by atoms with E-state index in [1.807, 2.05) is 0 Å². The maximum atomic E-state index is 11.6. The molecule has 0 fully saturated rings. The molecule has 0 radical (unpaired) electrons. The zero-order valence-corrected chi connectivity index (χ0v) is 11.2. The predicted molar refractivity (Wildman–Crippen MR) is 68.5 cm³/mol.